The monoisotopic (exact) mass is 205 g/mol. The summed E-state index contributed by atoms with van der Waals surface area (Å²) in [5.74, 6) is 0.865. The summed E-state index contributed by atoms with van der Waals surface area (Å²) in [4.78, 5) is 0. The van der Waals surface area contributed by atoms with Gasteiger partial charge in [0.1, 0.15) is 0 Å². The lowest BCUT2D eigenvalue weighted by atomic mass is 9.98. The fourth-order valence-corrected chi connectivity index (χ4v) is 1.91. The second kappa shape index (κ2) is 3.78. The molecule has 0 N–H and O–H groups in total. The SMILES string of the molecule is [CH2]C(C=C)c1ccc(Cl)c(C2CC2)c1. The van der Waals surface area contributed by atoms with Crippen molar-refractivity contribution in [3.63, 3.8) is 0 Å². The molecule has 0 saturated heterocycles. The second-order valence-corrected chi connectivity index (χ2v) is 4.30. The van der Waals surface area contributed by atoms with E-state index in [1.807, 2.05) is 18.2 Å². The molecule has 0 heterocycles. The van der Waals surface area contributed by atoms with Crippen LogP contribution in [-0.4, -0.2) is 0 Å². The molecule has 2 rings (SSSR count). The normalized spacial score (nSPS) is 17.9. The lowest BCUT2D eigenvalue weighted by Crippen LogP contribution is -1.91. The zero-order valence-electron chi connectivity index (χ0n) is 8.17. The summed E-state index contributed by atoms with van der Waals surface area (Å²) in [6.07, 6.45) is 4.41. The van der Waals surface area contributed by atoms with Crippen molar-refractivity contribution in [2.45, 2.75) is 24.7 Å². The molecular formula is C13H14Cl. The van der Waals surface area contributed by atoms with Gasteiger partial charge >= 0.3 is 0 Å². The molecule has 1 aromatic rings. The van der Waals surface area contributed by atoms with Gasteiger partial charge in [-0.25, -0.2) is 0 Å². The maximum absolute atomic E-state index is 6.13. The van der Waals surface area contributed by atoms with Crippen LogP contribution in [0.2, 0.25) is 5.02 Å². The smallest absolute Gasteiger partial charge is 0.0441 e. The lowest BCUT2D eigenvalue weighted by Gasteiger charge is -2.09. The molecule has 1 aliphatic rings. The van der Waals surface area contributed by atoms with Crippen molar-refractivity contribution >= 4 is 11.6 Å². The van der Waals surface area contributed by atoms with E-state index in [1.165, 1.54) is 24.0 Å². The molecular weight excluding hydrogens is 192 g/mol. The number of rotatable bonds is 3. The van der Waals surface area contributed by atoms with Crippen LogP contribution < -0.4 is 0 Å². The molecule has 1 aliphatic carbocycles. The van der Waals surface area contributed by atoms with Crippen molar-refractivity contribution in [1.82, 2.24) is 0 Å². The van der Waals surface area contributed by atoms with Crippen LogP contribution in [0.1, 0.15) is 35.8 Å². The number of benzene rings is 1. The van der Waals surface area contributed by atoms with Crippen LogP contribution in [0, 0.1) is 6.92 Å². The first-order valence-corrected chi connectivity index (χ1v) is 5.35. The third-order valence-corrected chi connectivity index (χ3v) is 3.09. The van der Waals surface area contributed by atoms with Crippen molar-refractivity contribution in [3.05, 3.63) is 53.9 Å². The summed E-state index contributed by atoms with van der Waals surface area (Å²) in [6, 6.07) is 6.19. The molecule has 0 nitrogen and oxygen atoms in total. The highest BCUT2D eigenvalue weighted by molar-refractivity contribution is 6.31. The van der Waals surface area contributed by atoms with E-state index in [0.29, 0.717) is 5.92 Å². The van der Waals surface area contributed by atoms with E-state index in [4.69, 9.17) is 11.6 Å². The number of hydrogen-bond donors (Lipinski definition) is 0. The van der Waals surface area contributed by atoms with Crippen molar-refractivity contribution in [3.8, 4) is 0 Å². The van der Waals surface area contributed by atoms with E-state index in [9.17, 15) is 0 Å². The molecule has 1 aromatic carbocycles. The van der Waals surface area contributed by atoms with Gasteiger partial charge in [-0.3, -0.25) is 0 Å². The van der Waals surface area contributed by atoms with Gasteiger partial charge in [0.05, 0.1) is 0 Å². The highest BCUT2D eigenvalue weighted by Gasteiger charge is 2.26. The fourth-order valence-electron chi connectivity index (χ4n) is 1.64. The zero-order valence-corrected chi connectivity index (χ0v) is 8.93. The lowest BCUT2D eigenvalue weighted by molar-refractivity contribution is 1.05. The average molecular weight is 206 g/mol. The Hall–Kier alpha value is -0.750. The Bertz CT molecular complexity index is 350. The van der Waals surface area contributed by atoms with E-state index in [2.05, 4.69) is 19.6 Å². The molecule has 1 fully saturated rings. The zero-order chi connectivity index (χ0) is 10.1. The van der Waals surface area contributed by atoms with E-state index < -0.39 is 0 Å². The number of allylic oxidation sites excluding steroid dienone is 1. The summed E-state index contributed by atoms with van der Waals surface area (Å²) in [7, 11) is 0. The molecule has 1 atom stereocenters. The molecule has 14 heavy (non-hydrogen) atoms. The Labute approximate surface area is 90.6 Å². The van der Waals surface area contributed by atoms with Crippen LogP contribution in [0.25, 0.3) is 0 Å². The highest BCUT2D eigenvalue weighted by atomic mass is 35.5. The number of halogens is 1. The van der Waals surface area contributed by atoms with Crippen LogP contribution in [-0.2, 0) is 0 Å². The van der Waals surface area contributed by atoms with Crippen LogP contribution >= 0.6 is 11.6 Å². The molecule has 73 valence electrons. The van der Waals surface area contributed by atoms with Gasteiger partial charge in [-0.05, 0) is 42.9 Å². The minimum atomic E-state index is 0.171. The Balaban J connectivity index is 2.34. The van der Waals surface area contributed by atoms with E-state index in [1.54, 1.807) is 0 Å². The largest absolute Gasteiger partial charge is 0.102 e. The van der Waals surface area contributed by atoms with Gasteiger partial charge in [-0.15, -0.1) is 6.58 Å². The van der Waals surface area contributed by atoms with Crippen LogP contribution in [0.5, 0.6) is 0 Å². The predicted octanol–water partition coefficient (Wildman–Crippen LogP) is 4.32. The third kappa shape index (κ3) is 1.85. The average Bonchev–Trinajstić information content (AvgIpc) is 3.01. The summed E-state index contributed by atoms with van der Waals surface area (Å²) in [6.45, 7) is 7.77. The minimum Gasteiger partial charge on any atom is -0.102 e. The Morgan fingerprint density at radius 1 is 1.43 bits per heavy atom. The second-order valence-electron chi connectivity index (χ2n) is 3.90. The first kappa shape index (κ1) is 9.79. The van der Waals surface area contributed by atoms with Crippen LogP contribution in [0.3, 0.4) is 0 Å². The summed E-state index contributed by atoms with van der Waals surface area (Å²) >= 11 is 6.13. The maximum atomic E-state index is 6.13. The van der Waals surface area contributed by atoms with Gasteiger partial charge in [-0.1, -0.05) is 29.8 Å². The Morgan fingerprint density at radius 2 is 2.14 bits per heavy atom. The first-order valence-electron chi connectivity index (χ1n) is 4.97. The summed E-state index contributed by atoms with van der Waals surface area (Å²) < 4.78 is 0. The summed E-state index contributed by atoms with van der Waals surface area (Å²) in [5.41, 5.74) is 2.51. The minimum absolute atomic E-state index is 0.171. The van der Waals surface area contributed by atoms with Gasteiger partial charge in [0, 0.05) is 10.9 Å². The summed E-state index contributed by atoms with van der Waals surface area (Å²) in [5, 5.41) is 0.896. The number of hydrogen-bond acceptors (Lipinski definition) is 0. The van der Waals surface area contributed by atoms with Gasteiger partial charge in [0.2, 0.25) is 0 Å². The fraction of sp³-hybridized carbons (Fsp3) is 0.308. The van der Waals surface area contributed by atoms with Gasteiger partial charge < -0.3 is 0 Å². The Kier molecular flexibility index (Phi) is 2.64. The molecule has 1 saturated carbocycles. The van der Waals surface area contributed by atoms with Crippen molar-refractivity contribution in [2.75, 3.05) is 0 Å². The third-order valence-electron chi connectivity index (χ3n) is 2.75. The predicted molar refractivity (Wildman–Crippen MR) is 61.7 cm³/mol. The molecule has 0 spiro atoms. The van der Waals surface area contributed by atoms with E-state index in [0.717, 1.165) is 5.02 Å². The molecule has 1 heteroatoms. The maximum Gasteiger partial charge on any atom is 0.0441 e. The van der Waals surface area contributed by atoms with Gasteiger partial charge in [-0.2, -0.15) is 0 Å². The van der Waals surface area contributed by atoms with E-state index >= 15 is 0 Å². The van der Waals surface area contributed by atoms with Crippen LogP contribution in [0.4, 0.5) is 0 Å². The van der Waals surface area contributed by atoms with Crippen LogP contribution in [0.15, 0.2) is 30.9 Å². The molecule has 1 unspecified atom stereocenters. The standard InChI is InChI=1S/C13H14Cl/c1-3-9(2)11-6-7-13(14)12(8-11)10-4-5-10/h3,6-10H,1-2,4-5H2. The van der Waals surface area contributed by atoms with Gasteiger partial charge in [0.15, 0.2) is 0 Å². The highest BCUT2D eigenvalue weighted by Crippen LogP contribution is 2.43. The first-order chi connectivity index (χ1) is 6.72. The van der Waals surface area contributed by atoms with E-state index in [-0.39, 0.29) is 5.92 Å². The topological polar surface area (TPSA) is 0 Å². The molecule has 1 radical (unpaired) electrons. The quantitative estimate of drug-likeness (QED) is 0.645. The van der Waals surface area contributed by atoms with Crippen molar-refractivity contribution in [1.29, 1.82) is 0 Å². The Morgan fingerprint density at radius 3 is 2.71 bits per heavy atom. The molecule has 0 aliphatic heterocycles. The molecule has 0 aromatic heterocycles. The van der Waals surface area contributed by atoms with Crippen molar-refractivity contribution in [2.24, 2.45) is 0 Å². The van der Waals surface area contributed by atoms with Crippen molar-refractivity contribution < 1.29 is 0 Å². The molecule has 0 bridgehead atoms. The van der Waals surface area contributed by atoms with Gasteiger partial charge in [0.25, 0.3) is 0 Å². The molecule has 0 amide bonds.